The predicted molar refractivity (Wildman–Crippen MR) is 56.2 cm³/mol. The van der Waals surface area contributed by atoms with Crippen molar-refractivity contribution in [2.45, 2.75) is 19.8 Å². The van der Waals surface area contributed by atoms with E-state index in [-0.39, 0.29) is 12.6 Å². The van der Waals surface area contributed by atoms with E-state index < -0.39 is 0 Å². The smallest absolute Gasteiger partial charge is 0.189 e. The molecule has 0 saturated heterocycles. The van der Waals surface area contributed by atoms with Gasteiger partial charge in [-0.15, -0.1) is 0 Å². The highest BCUT2D eigenvalue weighted by molar-refractivity contribution is 6.01. The Balaban J connectivity index is 2.15. The molecule has 0 aromatic heterocycles. The van der Waals surface area contributed by atoms with Gasteiger partial charge in [-0.3, -0.25) is 4.79 Å². The van der Waals surface area contributed by atoms with Crippen LogP contribution < -0.4 is 4.74 Å². The summed E-state index contributed by atoms with van der Waals surface area (Å²) >= 11 is 0. The van der Waals surface area contributed by atoms with E-state index in [0.717, 1.165) is 23.3 Å². The maximum absolute atomic E-state index is 11.5. The molecule has 1 aromatic rings. The van der Waals surface area contributed by atoms with Crippen LogP contribution in [0.15, 0.2) is 18.2 Å². The summed E-state index contributed by atoms with van der Waals surface area (Å²) in [6, 6.07) is 5.60. The number of ketones is 1. The molecule has 1 aliphatic rings. The van der Waals surface area contributed by atoms with Crippen LogP contribution in [0.25, 0.3) is 0 Å². The van der Waals surface area contributed by atoms with Gasteiger partial charge in [-0.05, 0) is 19.4 Å². The summed E-state index contributed by atoms with van der Waals surface area (Å²) in [6.07, 6.45) is 1.39. The minimum atomic E-state index is 0.215. The SMILES string of the molecule is CCOCOc1cccc2c1CCC2=O. The highest BCUT2D eigenvalue weighted by Gasteiger charge is 2.22. The van der Waals surface area contributed by atoms with Crippen molar-refractivity contribution in [3.05, 3.63) is 29.3 Å². The molecular formula is C12H14O3. The van der Waals surface area contributed by atoms with E-state index in [0.29, 0.717) is 13.0 Å². The van der Waals surface area contributed by atoms with Crippen molar-refractivity contribution in [1.82, 2.24) is 0 Å². The van der Waals surface area contributed by atoms with E-state index in [1.807, 2.05) is 25.1 Å². The number of fused-ring (bicyclic) bond motifs is 1. The van der Waals surface area contributed by atoms with Gasteiger partial charge in [0.1, 0.15) is 5.75 Å². The van der Waals surface area contributed by atoms with Gasteiger partial charge in [0.05, 0.1) is 0 Å². The molecule has 0 radical (unpaired) electrons. The monoisotopic (exact) mass is 206 g/mol. The van der Waals surface area contributed by atoms with Crippen molar-refractivity contribution in [2.75, 3.05) is 13.4 Å². The minimum absolute atomic E-state index is 0.215. The minimum Gasteiger partial charge on any atom is -0.467 e. The van der Waals surface area contributed by atoms with Gasteiger partial charge >= 0.3 is 0 Å². The zero-order valence-corrected chi connectivity index (χ0v) is 8.79. The van der Waals surface area contributed by atoms with Crippen LogP contribution in [-0.2, 0) is 11.2 Å². The number of rotatable bonds is 4. The summed E-state index contributed by atoms with van der Waals surface area (Å²) in [5, 5.41) is 0. The van der Waals surface area contributed by atoms with Gasteiger partial charge in [-0.25, -0.2) is 0 Å². The molecule has 80 valence electrons. The van der Waals surface area contributed by atoms with E-state index in [1.54, 1.807) is 0 Å². The zero-order valence-electron chi connectivity index (χ0n) is 8.79. The molecule has 0 spiro atoms. The first-order chi connectivity index (χ1) is 7.33. The van der Waals surface area contributed by atoms with Gasteiger partial charge < -0.3 is 9.47 Å². The number of Topliss-reactive ketones (excluding diaryl/α,β-unsaturated/α-hetero) is 1. The molecule has 0 heterocycles. The third-order valence-electron chi connectivity index (χ3n) is 2.54. The number of carbonyl (C=O) groups is 1. The molecule has 15 heavy (non-hydrogen) atoms. The first-order valence-corrected chi connectivity index (χ1v) is 5.18. The van der Waals surface area contributed by atoms with Crippen LogP contribution in [0.4, 0.5) is 0 Å². The van der Waals surface area contributed by atoms with Crippen LogP contribution >= 0.6 is 0 Å². The lowest BCUT2D eigenvalue weighted by molar-refractivity contribution is 0.0219. The Labute approximate surface area is 89.0 Å². The highest BCUT2D eigenvalue weighted by Crippen LogP contribution is 2.30. The summed E-state index contributed by atoms with van der Waals surface area (Å²) in [5.41, 5.74) is 1.84. The largest absolute Gasteiger partial charge is 0.467 e. The summed E-state index contributed by atoms with van der Waals surface area (Å²) < 4.78 is 10.6. The third-order valence-corrected chi connectivity index (χ3v) is 2.54. The van der Waals surface area contributed by atoms with Crippen LogP contribution in [0.1, 0.15) is 29.3 Å². The molecule has 1 aromatic carbocycles. The lowest BCUT2D eigenvalue weighted by atomic mass is 10.1. The van der Waals surface area contributed by atoms with Crippen molar-refractivity contribution in [2.24, 2.45) is 0 Å². The Morgan fingerprint density at radius 1 is 1.33 bits per heavy atom. The molecule has 2 rings (SSSR count). The van der Waals surface area contributed by atoms with Crippen LogP contribution in [0.2, 0.25) is 0 Å². The van der Waals surface area contributed by atoms with E-state index in [2.05, 4.69) is 0 Å². The standard InChI is InChI=1S/C12H14O3/c1-2-14-8-15-12-5-3-4-9-10(12)6-7-11(9)13/h3-5H,2,6-8H2,1H3. The fourth-order valence-corrected chi connectivity index (χ4v) is 1.78. The average Bonchev–Trinajstić information content (AvgIpc) is 2.62. The Kier molecular flexibility index (Phi) is 3.02. The van der Waals surface area contributed by atoms with Crippen molar-refractivity contribution in [3.63, 3.8) is 0 Å². The molecule has 0 aliphatic heterocycles. The van der Waals surface area contributed by atoms with Gasteiger partial charge in [-0.2, -0.15) is 0 Å². The molecule has 0 amide bonds. The Morgan fingerprint density at radius 3 is 3.00 bits per heavy atom. The van der Waals surface area contributed by atoms with Crippen LogP contribution in [0.5, 0.6) is 5.75 Å². The average molecular weight is 206 g/mol. The summed E-state index contributed by atoms with van der Waals surface area (Å²) in [7, 11) is 0. The molecule has 0 unspecified atom stereocenters. The Bertz CT molecular complexity index is 371. The van der Waals surface area contributed by atoms with Gasteiger partial charge in [-0.1, -0.05) is 12.1 Å². The maximum Gasteiger partial charge on any atom is 0.189 e. The first kappa shape index (κ1) is 10.2. The molecule has 0 fully saturated rings. The topological polar surface area (TPSA) is 35.5 Å². The highest BCUT2D eigenvalue weighted by atomic mass is 16.7. The van der Waals surface area contributed by atoms with E-state index in [1.165, 1.54) is 0 Å². The van der Waals surface area contributed by atoms with Gasteiger partial charge in [0, 0.05) is 24.2 Å². The Hall–Kier alpha value is -1.35. The molecule has 0 saturated carbocycles. The van der Waals surface area contributed by atoms with Crippen molar-refractivity contribution >= 4 is 5.78 Å². The van der Waals surface area contributed by atoms with E-state index >= 15 is 0 Å². The van der Waals surface area contributed by atoms with E-state index in [9.17, 15) is 4.79 Å². The molecule has 0 N–H and O–H groups in total. The van der Waals surface area contributed by atoms with Gasteiger partial charge in [0.2, 0.25) is 0 Å². The number of ether oxygens (including phenoxy) is 2. The third kappa shape index (κ3) is 2.02. The molecule has 0 bridgehead atoms. The number of benzene rings is 1. The lowest BCUT2D eigenvalue weighted by Crippen LogP contribution is -2.04. The maximum atomic E-state index is 11.5. The number of hydrogen-bond donors (Lipinski definition) is 0. The fraction of sp³-hybridized carbons (Fsp3) is 0.417. The number of carbonyl (C=O) groups excluding carboxylic acids is 1. The molecule has 3 heteroatoms. The van der Waals surface area contributed by atoms with Crippen LogP contribution in [0, 0.1) is 0 Å². The normalized spacial score (nSPS) is 14.1. The van der Waals surface area contributed by atoms with Crippen molar-refractivity contribution in [1.29, 1.82) is 0 Å². The second kappa shape index (κ2) is 4.45. The van der Waals surface area contributed by atoms with Crippen LogP contribution in [0.3, 0.4) is 0 Å². The predicted octanol–water partition coefficient (Wildman–Crippen LogP) is 2.19. The summed E-state index contributed by atoms with van der Waals surface area (Å²) in [6.45, 7) is 2.80. The molecular weight excluding hydrogens is 192 g/mol. The van der Waals surface area contributed by atoms with Crippen molar-refractivity contribution in [3.8, 4) is 5.75 Å². The second-order valence-electron chi connectivity index (χ2n) is 3.46. The van der Waals surface area contributed by atoms with Gasteiger partial charge in [0.25, 0.3) is 0 Å². The second-order valence-corrected chi connectivity index (χ2v) is 3.46. The van der Waals surface area contributed by atoms with E-state index in [4.69, 9.17) is 9.47 Å². The fourth-order valence-electron chi connectivity index (χ4n) is 1.78. The van der Waals surface area contributed by atoms with Crippen molar-refractivity contribution < 1.29 is 14.3 Å². The quantitative estimate of drug-likeness (QED) is 0.559. The lowest BCUT2D eigenvalue weighted by Gasteiger charge is -2.09. The zero-order chi connectivity index (χ0) is 10.7. The summed E-state index contributed by atoms with van der Waals surface area (Å²) in [5.74, 6) is 0.999. The van der Waals surface area contributed by atoms with Crippen LogP contribution in [-0.4, -0.2) is 19.2 Å². The molecule has 1 aliphatic carbocycles. The number of hydrogen-bond acceptors (Lipinski definition) is 3. The molecule has 3 nitrogen and oxygen atoms in total. The van der Waals surface area contributed by atoms with Gasteiger partial charge in [0.15, 0.2) is 12.6 Å². The first-order valence-electron chi connectivity index (χ1n) is 5.18. The Morgan fingerprint density at radius 2 is 2.20 bits per heavy atom. The molecule has 0 atom stereocenters. The summed E-state index contributed by atoms with van der Waals surface area (Å²) in [4.78, 5) is 11.5.